The fourth-order valence-corrected chi connectivity index (χ4v) is 4.87. The Labute approximate surface area is 169 Å². The van der Waals surface area contributed by atoms with Gasteiger partial charge in [0.15, 0.2) is 0 Å². The minimum atomic E-state index is 0.305. The second kappa shape index (κ2) is 8.93. The van der Waals surface area contributed by atoms with Crippen molar-refractivity contribution in [3.05, 3.63) is 11.8 Å². The number of aromatic nitrogens is 2. The smallest absolute Gasteiger partial charge is 0.227 e. The summed E-state index contributed by atoms with van der Waals surface area (Å²) in [6.07, 6.45) is 6.44. The van der Waals surface area contributed by atoms with Crippen LogP contribution in [0.15, 0.2) is 6.07 Å². The van der Waals surface area contributed by atoms with Gasteiger partial charge in [0.1, 0.15) is 5.82 Å². The highest BCUT2D eigenvalue weighted by molar-refractivity contribution is 5.46. The number of rotatable bonds is 5. The van der Waals surface area contributed by atoms with Crippen molar-refractivity contribution in [2.75, 3.05) is 63.2 Å². The minimum absolute atomic E-state index is 0.305. The predicted molar refractivity (Wildman–Crippen MR) is 113 cm³/mol. The molecule has 28 heavy (non-hydrogen) atoms. The summed E-state index contributed by atoms with van der Waals surface area (Å²) < 4.78 is 5.67. The molecule has 3 aliphatic heterocycles. The van der Waals surface area contributed by atoms with Gasteiger partial charge in [0.05, 0.1) is 6.10 Å². The van der Waals surface area contributed by atoms with Crippen LogP contribution in [0.1, 0.15) is 37.8 Å². The number of likely N-dealkylation sites (N-methyl/N-ethyl adjacent to an activating group) is 1. The second-order valence-corrected chi connectivity index (χ2v) is 8.75. The van der Waals surface area contributed by atoms with Crippen LogP contribution in [0.5, 0.6) is 0 Å². The Morgan fingerprint density at radius 1 is 1.00 bits per heavy atom. The van der Waals surface area contributed by atoms with Gasteiger partial charge in [-0.1, -0.05) is 0 Å². The van der Waals surface area contributed by atoms with Gasteiger partial charge in [-0.3, -0.25) is 0 Å². The molecular weight excluding hydrogens is 352 g/mol. The molecule has 0 amide bonds. The van der Waals surface area contributed by atoms with E-state index in [2.05, 4.69) is 40.1 Å². The van der Waals surface area contributed by atoms with Crippen LogP contribution < -0.4 is 15.1 Å². The topological polar surface area (TPSA) is 56.8 Å². The highest BCUT2D eigenvalue weighted by Gasteiger charge is 2.33. The molecule has 1 aromatic rings. The molecule has 0 unspecified atom stereocenters. The van der Waals surface area contributed by atoms with Gasteiger partial charge < -0.3 is 24.8 Å². The van der Waals surface area contributed by atoms with Crippen LogP contribution in [0.3, 0.4) is 0 Å². The van der Waals surface area contributed by atoms with Crippen LogP contribution >= 0.6 is 0 Å². The molecule has 7 nitrogen and oxygen atoms in total. The van der Waals surface area contributed by atoms with Gasteiger partial charge in [0, 0.05) is 70.2 Å². The Morgan fingerprint density at radius 2 is 1.75 bits per heavy atom. The van der Waals surface area contributed by atoms with Gasteiger partial charge in [-0.25, -0.2) is 4.98 Å². The number of hydrogen-bond donors (Lipinski definition) is 1. The van der Waals surface area contributed by atoms with E-state index in [0.717, 1.165) is 69.6 Å². The first-order valence-electron chi connectivity index (χ1n) is 11.0. The maximum atomic E-state index is 5.67. The summed E-state index contributed by atoms with van der Waals surface area (Å²) in [5.74, 6) is 2.02. The highest BCUT2D eigenvalue weighted by atomic mass is 16.5. The van der Waals surface area contributed by atoms with Gasteiger partial charge in [0.2, 0.25) is 5.95 Å². The lowest BCUT2D eigenvalue weighted by molar-refractivity contribution is 0.0868. The van der Waals surface area contributed by atoms with E-state index in [1.54, 1.807) is 0 Å². The van der Waals surface area contributed by atoms with Crippen molar-refractivity contribution in [2.45, 2.75) is 57.2 Å². The number of methoxy groups -OCH3 is 1. The Morgan fingerprint density at radius 3 is 2.46 bits per heavy atom. The zero-order valence-electron chi connectivity index (χ0n) is 17.7. The maximum absolute atomic E-state index is 5.67. The Kier molecular flexibility index (Phi) is 6.33. The molecule has 3 fully saturated rings. The molecule has 1 aromatic heterocycles. The molecule has 4 heterocycles. The van der Waals surface area contributed by atoms with E-state index in [1.165, 1.54) is 19.3 Å². The van der Waals surface area contributed by atoms with Crippen LogP contribution in [-0.4, -0.2) is 86.5 Å². The van der Waals surface area contributed by atoms with Crippen molar-refractivity contribution in [3.63, 3.8) is 0 Å². The number of hydrogen-bond acceptors (Lipinski definition) is 7. The van der Waals surface area contributed by atoms with Crippen LogP contribution in [0, 0.1) is 6.92 Å². The third-order valence-electron chi connectivity index (χ3n) is 6.49. The Bertz CT molecular complexity index is 642. The molecule has 2 atom stereocenters. The first kappa shape index (κ1) is 19.9. The molecule has 156 valence electrons. The zero-order valence-corrected chi connectivity index (χ0v) is 17.7. The Balaban J connectivity index is 1.35. The quantitative estimate of drug-likeness (QED) is 0.823. The molecule has 0 bridgehead atoms. The van der Waals surface area contributed by atoms with Gasteiger partial charge in [-0.05, 0) is 46.1 Å². The molecule has 0 radical (unpaired) electrons. The average Bonchev–Trinajstić information content (AvgIpc) is 3.08. The van der Waals surface area contributed by atoms with E-state index >= 15 is 0 Å². The number of ether oxygens (including phenoxy) is 1. The highest BCUT2D eigenvalue weighted by Crippen LogP contribution is 2.24. The number of likely N-dealkylation sites (tertiary alicyclic amines) is 1. The molecule has 7 heteroatoms. The van der Waals surface area contributed by atoms with E-state index in [0.29, 0.717) is 18.2 Å². The molecule has 0 saturated carbocycles. The summed E-state index contributed by atoms with van der Waals surface area (Å²) in [6, 6.07) is 3.15. The van der Waals surface area contributed by atoms with Crippen molar-refractivity contribution in [2.24, 2.45) is 0 Å². The first-order chi connectivity index (χ1) is 13.6. The monoisotopic (exact) mass is 388 g/mol. The number of nitrogens with zero attached hydrogens (tertiary/aromatic N) is 5. The summed E-state index contributed by atoms with van der Waals surface area (Å²) in [5.41, 5.74) is 1.07. The molecule has 3 aliphatic rings. The van der Waals surface area contributed by atoms with Crippen LogP contribution in [0.4, 0.5) is 11.8 Å². The lowest BCUT2D eigenvalue weighted by Gasteiger charge is -2.36. The normalized spacial score (nSPS) is 27.5. The third-order valence-corrected chi connectivity index (χ3v) is 6.49. The lowest BCUT2D eigenvalue weighted by Crippen LogP contribution is -2.50. The Hall–Kier alpha value is -1.44. The van der Waals surface area contributed by atoms with E-state index < -0.39 is 0 Å². The van der Waals surface area contributed by atoms with E-state index in [9.17, 15) is 0 Å². The summed E-state index contributed by atoms with van der Waals surface area (Å²) in [5, 5.41) is 3.86. The van der Waals surface area contributed by atoms with Crippen LogP contribution in [0.2, 0.25) is 0 Å². The number of anilines is 2. The van der Waals surface area contributed by atoms with Crippen molar-refractivity contribution >= 4 is 11.8 Å². The number of aryl methyl sites for hydroxylation is 1. The summed E-state index contributed by atoms with van der Waals surface area (Å²) in [6.45, 7) is 8.46. The average molecular weight is 389 g/mol. The lowest BCUT2D eigenvalue weighted by atomic mass is 10.0. The van der Waals surface area contributed by atoms with Gasteiger partial charge in [-0.15, -0.1) is 0 Å². The van der Waals surface area contributed by atoms with Gasteiger partial charge in [-0.2, -0.15) is 4.98 Å². The van der Waals surface area contributed by atoms with E-state index in [4.69, 9.17) is 14.7 Å². The van der Waals surface area contributed by atoms with Gasteiger partial charge >= 0.3 is 0 Å². The van der Waals surface area contributed by atoms with Crippen molar-refractivity contribution < 1.29 is 4.74 Å². The number of piperidine rings is 2. The fourth-order valence-electron chi connectivity index (χ4n) is 4.87. The molecule has 1 N–H and O–H groups in total. The first-order valence-corrected chi connectivity index (χ1v) is 11.0. The standard InChI is InChI=1S/C21H36N6O/c1-16-13-20(24-21(22-16)27-9-5-4-6-10-27)26-11-7-17(8-12-26)23-18-14-25(2)15-19(18)28-3/h13,17-19,23H,4-12,14-15H2,1-3H3/t18-,19-/m1/s1. The number of nitrogens with one attached hydrogen (secondary N) is 1. The van der Waals surface area contributed by atoms with E-state index in [-0.39, 0.29) is 0 Å². The molecular formula is C21H36N6O. The molecule has 0 spiro atoms. The predicted octanol–water partition coefficient (Wildman–Crippen LogP) is 1.66. The van der Waals surface area contributed by atoms with Crippen molar-refractivity contribution in [1.82, 2.24) is 20.2 Å². The summed E-state index contributed by atoms with van der Waals surface area (Å²) in [7, 11) is 4.01. The van der Waals surface area contributed by atoms with Crippen LogP contribution in [-0.2, 0) is 4.74 Å². The van der Waals surface area contributed by atoms with E-state index in [1.807, 2.05) is 7.11 Å². The van der Waals surface area contributed by atoms with Crippen molar-refractivity contribution in [3.8, 4) is 0 Å². The molecule has 0 aliphatic carbocycles. The maximum Gasteiger partial charge on any atom is 0.227 e. The zero-order chi connectivity index (χ0) is 19.5. The largest absolute Gasteiger partial charge is 0.378 e. The summed E-state index contributed by atoms with van der Waals surface area (Å²) in [4.78, 5) is 16.8. The van der Waals surface area contributed by atoms with Gasteiger partial charge in [0.25, 0.3) is 0 Å². The molecule has 4 rings (SSSR count). The molecule has 3 saturated heterocycles. The second-order valence-electron chi connectivity index (χ2n) is 8.75. The van der Waals surface area contributed by atoms with Crippen LogP contribution in [0.25, 0.3) is 0 Å². The SMILES string of the molecule is CO[C@@H]1CN(C)C[C@H]1NC1CCN(c2cc(C)nc(N3CCCCC3)n2)CC1. The van der Waals surface area contributed by atoms with Crippen molar-refractivity contribution in [1.29, 1.82) is 0 Å². The fraction of sp³-hybridized carbons (Fsp3) is 0.810. The molecule has 0 aromatic carbocycles. The minimum Gasteiger partial charge on any atom is -0.378 e. The summed E-state index contributed by atoms with van der Waals surface area (Å²) >= 11 is 0. The third kappa shape index (κ3) is 4.58.